The Kier molecular flexibility index (Phi) is 2.98. The molecule has 0 radical (unpaired) electrons. The summed E-state index contributed by atoms with van der Waals surface area (Å²) in [5, 5.41) is 9.56. The number of alkyl halides is 1. The molecule has 0 aliphatic carbocycles. The van der Waals surface area contributed by atoms with Crippen molar-refractivity contribution in [1.29, 1.82) is 0 Å². The minimum atomic E-state index is 0.177. The molecule has 1 fully saturated rings. The van der Waals surface area contributed by atoms with Crippen molar-refractivity contribution in [3.63, 3.8) is 0 Å². The van der Waals surface area contributed by atoms with Gasteiger partial charge < -0.3 is 10.0 Å². The quantitative estimate of drug-likeness (QED) is 0.706. The van der Waals surface area contributed by atoms with Crippen LogP contribution in [0.5, 0.6) is 0 Å². The predicted octanol–water partition coefficient (Wildman–Crippen LogP) is 1.24. The van der Waals surface area contributed by atoms with Gasteiger partial charge in [0.15, 0.2) is 0 Å². The fourth-order valence-electron chi connectivity index (χ4n) is 2.37. The Balaban J connectivity index is 2.13. The Morgan fingerprint density at radius 3 is 3.07 bits per heavy atom. The van der Waals surface area contributed by atoms with Crippen LogP contribution < -0.4 is 0 Å². The van der Waals surface area contributed by atoms with Gasteiger partial charge in [0.2, 0.25) is 0 Å². The maximum Gasteiger partial charge on any atom is 0.0998 e. The lowest BCUT2D eigenvalue weighted by Crippen LogP contribution is -2.47. The zero-order valence-electron chi connectivity index (χ0n) is 8.49. The molecule has 0 aromatic heterocycles. The summed E-state index contributed by atoms with van der Waals surface area (Å²) in [5.41, 5.74) is 0. The normalized spacial score (nSPS) is 36.9. The van der Waals surface area contributed by atoms with E-state index in [0.29, 0.717) is 0 Å². The van der Waals surface area contributed by atoms with E-state index in [4.69, 9.17) is 11.6 Å². The van der Waals surface area contributed by atoms with Crippen LogP contribution in [0.2, 0.25) is 0 Å². The molecule has 2 aliphatic rings. The number of amidine groups is 1. The standard InChI is InChI=1S/C10H17ClN2O/c1-2-8-9(6-14)13-5-7(11)3-4-10(13)12-8/h7-9,14H,2-6H2,1H3. The molecule has 80 valence electrons. The molecule has 3 atom stereocenters. The van der Waals surface area contributed by atoms with Gasteiger partial charge in [-0.1, -0.05) is 6.92 Å². The third kappa shape index (κ3) is 1.63. The third-order valence-electron chi connectivity index (χ3n) is 3.17. The molecule has 0 bridgehead atoms. The molecule has 0 saturated carbocycles. The average molecular weight is 217 g/mol. The molecular formula is C10H17ClN2O. The van der Waals surface area contributed by atoms with E-state index in [1.165, 1.54) is 0 Å². The zero-order chi connectivity index (χ0) is 10.1. The molecule has 0 amide bonds. The van der Waals surface area contributed by atoms with E-state index in [9.17, 15) is 5.11 Å². The summed E-state index contributed by atoms with van der Waals surface area (Å²) in [4.78, 5) is 6.84. The van der Waals surface area contributed by atoms with Crippen molar-refractivity contribution in [2.24, 2.45) is 4.99 Å². The van der Waals surface area contributed by atoms with Crippen LogP contribution in [-0.4, -0.2) is 46.5 Å². The number of hydrogen-bond donors (Lipinski definition) is 1. The lowest BCUT2D eigenvalue weighted by atomic mass is 10.0. The summed E-state index contributed by atoms with van der Waals surface area (Å²) in [5.74, 6) is 1.16. The summed E-state index contributed by atoms with van der Waals surface area (Å²) in [6.07, 6.45) is 2.99. The maximum absolute atomic E-state index is 9.33. The molecule has 2 heterocycles. The van der Waals surface area contributed by atoms with Crippen molar-refractivity contribution in [1.82, 2.24) is 4.90 Å². The van der Waals surface area contributed by atoms with E-state index >= 15 is 0 Å². The number of nitrogens with zero attached hydrogens (tertiary/aromatic N) is 2. The molecule has 0 aromatic carbocycles. The molecule has 3 nitrogen and oxygen atoms in total. The monoisotopic (exact) mass is 216 g/mol. The number of halogens is 1. The van der Waals surface area contributed by atoms with Gasteiger partial charge in [-0.25, -0.2) is 0 Å². The highest BCUT2D eigenvalue weighted by molar-refractivity contribution is 6.21. The van der Waals surface area contributed by atoms with Crippen LogP contribution in [0, 0.1) is 0 Å². The Hall–Kier alpha value is -0.280. The summed E-state index contributed by atoms with van der Waals surface area (Å²) in [7, 11) is 0. The summed E-state index contributed by atoms with van der Waals surface area (Å²) >= 11 is 6.12. The Morgan fingerprint density at radius 1 is 1.64 bits per heavy atom. The first-order valence-corrected chi connectivity index (χ1v) is 5.78. The van der Waals surface area contributed by atoms with Gasteiger partial charge in [0.1, 0.15) is 0 Å². The van der Waals surface area contributed by atoms with Gasteiger partial charge in [0.05, 0.1) is 29.9 Å². The molecular weight excluding hydrogens is 200 g/mol. The number of piperidine rings is 1. The second-order valence-corrected chi connectivity index (χ2v) is 4.68. The van der Waals surface area contributed by atoms with Crippen molar-refractivity contribution in [2.75, 3.05) is 13.2 Å². The maximum atomic E-state index is 9.33. The molecule has 1 saturated heterocycles. The van der Waals surface area contributed by atoms with Crippen molar-refractivity contribution in [2.45, 2.75) is 43.6 Å². The summed E-state index contributed by atoms with van der Waals surface area (Å²) < 4.78 is 0. The SMILES string of the molecule is CCC1N=C2CCC(Cl)CN2C1CO. The van der Waals surface area contributed by atoms with Crippen LogP contribution in [0.25, 0.3) is 0 Å². The molecule has 2 rings (SSSR count). The Bertz CT molecular complexity index is 244. The van der Waals surface area contributed by atoms with Crippen LogP contribution in [0.3, 0.4) is 0 Å². The number of hydrogen-bond acceptors (Lipinski definition) is 3. The molecule has 14 heavy (non-hydrogen) atoms. The first kappa shape index (κ1) is 10.2. The zero-order valence-corrected chi connectivity index (χ0v) is 9.24. The summed E-state index contributed by atoms with van der Waals surface area (Å²) in [6, 6.07) is 0.452. The lowest BCUT2D eigenvalue weighted by Gasteiger charge is -2.34. The van der Waals surface area contributed by atoms with E-state index < -0.39 is 0 Å². The average Bonchev–Trinajstić information content (AvgIpc) is 2.54. The Morgan fingerprint density at radius 2 is 2.43 bits per heavy atom. The molecule has 2 aliphatic heterocycles. The predicted molar refractivity (Wildman–Crippen MR) is 58.0 cm³/mol. The lowest BCUT2D eigenvalue weighted by molar-refractivity contribution is 0.167. The second kappa shape index (κ2) is 4.07. The van der Waals surface area contributed by atoms with Crippen molar-refractivity contribution >= 4 is 17.4 Å². The molecule has 4 heteroatoms. The first-order chi connectivity index (χ1) is 6.76. The minimum Gasteiger partial charge on any atom is -0.394 e. The largest absolute Gasteiger partial charge is 0.394 e. The van der Waals surface area contributed by atoms with E-state index in [-0.39, 0.29) is 24.1 Å². The van der Waals surface area contributed by atoms with Gasteiger partial charge in [-0.3, -0.25) is 4.99 Å². The molecule has 0 aromatic rings. The third-order valence-corrected chi connectivity index (χ3v) is 3.53. The van der Waals surface area contributed by atoms with E-state index in [2.05, 4.69) is 16.8 Å². The summed E-state index contributed by atoms with van der Waals surface area (Å²) in [6.45, 7) is 3.16. The highest BCUT2D eigenvalue weighted by Gasteiger charge is 2.37. The smallest absolute Gasteiger partial charge is 0.0998 e. The number of aliphatic hydroxyl groups excluding tert-OH is 1. The second-order valence-electron chi connectivity index (χ2n) is 4.06. The van der Waals surface area contributed by atoms with Crippen LogP contribution >= 0.6 is 11.6 Å². The molecule has 1 N–H and O–H groups in total. The number of aliphatic imine (C=N–C) groups is 1. The van der Waals surface area contributed by atoms with Gasteiger partial charge in [-0.05, 0) is 12.8 Å². The van der Waals surface area contributed by atoms with Crippen LogP contribution in [0.1, 0.15) is 26.2 Å². The molecule has 3 unspecified atom stereocenters. The van der Waals surface area contributed by atoms with Crippen molar-refractivity contribution in [3.8, 4) is 0 Å². The van der Waals surface area contributed by atoms with Gasteiger partial charge in [-0.2, -0.15) is 0 Å². The van der Waals surface area contributed by atoms with Gasteiger partial charge >= 0.3 is 0 Å². The molecule has 0 spiro atoms. The topological polar surface area (TPSA) is 35.8 Å². The van der Waals surface area contributed by atoms with Crippen LogP contribution in [0.4, 0.5) is 0 Å². The Labute approximate surface area is 89.8 Å². The number of fused-ring (bicyclic) bond motifs is 1. The van der Waals surface area contributed by atoms with Crippen LogP contribution in [0.15, 0.2) is 4.99 Å². The van der Waals surface area contributed by atoms with Gasteiger partial charge in [-0.15, -0.1) is 11.6 Å². The van der Waals surface area contributed by atoms with Crippen molar-refractivity contribution in [3.05, 3.63) is 0 Å². The highest BCUT2D eigenvalue weighted by atomic mass is 35.5. The van der Waals surface area contributed by atoms with E-state index in [0.717, 1.165) is 31.6 Å². The number of rotatable bonds is 2. The number of aliphatic hydroxyl groups is 1. The van der Waals surface area contributed by atoms with E-state index in [1.54, 1.807) is 0 Å². The van der Waals surface area contributed by atoms with Gasteiger partial charge in [0, 0.05) is 13.0 Å². The van der Waals surface area contributed by atoms with Gasteiger partial charge in [0.25, 0.3) is 0 Å². The van der Waals surface area contributed by atoms with Crippen LogP contribution in [-0.2, 0) is 0 Å². The highest BCUT2D eigenvalue weighted by Crippen LogP contribution is 2.28. The fraction of sp³-hybridized carbons (Fsp3) is 0.900. The fourth-order valence-corrected chi connectivity index (χ4v) is 2.63. The van der Waals surface area contributed by atoms with E-state index in [1.807, 2.05) is 0 Å². The first-order valence-electron chi connectivity index (χ1n) is 5.34. The minimum absolute atomic E-state index is 0.177. The van der Waals surface area contributed by atoms with Crippen molar-refractivity contribution < 1.29 is 5.11 Å².